The van der Waals surface area contributed by atoms with E-state index in [-0.39, 0.29) is 5.97 Å². The Balaban J connectivity index is 1.92. The number of carbonyl (C=O) groups excluding carboxylic acids is 1. The molecule has 0 N–H and O–H groups in total. The summed E-state index contributed by atoms with van der Waals surface area (Å²) in [7, 11) is 1.69. The molecule has 0 saturated carbocycles. The lowest BCUT2D eigenvalue weighted by molar-refractivity contribution is 0.0526. The number of ether oxygens (including phenoxy) is 2. The van der Waals surface area contributed by atoms with Crippen molar-refractivity contribution >= 4 is 28.8 Å². The summed E-state index contributed by atoms with van der Waals surface area (Å²) in [6.07, 6.45) is 0. The molecule has 5 nitrogen and oxygen atoms in total. The standard InChI is InChI=1S/C21H24N2O3S/c1-4-26-20(24)16-9-10-19-18(13-16)22-21(23(19)11-12-25-3)27-14-17-8-6-5-7-15(17)2/h5-10,13H,4,11-12,14H2,1-3H3. The molecule has 27 heavy (non-hydrogen) atoms. The average Bonchev–Trinajstić information content (AvgIpc) is 3.02. The quantitative estimate of drug-likeness (QED) is 0.424. The number of aromatic nitrogens is 2. The van der Waals surface area contributed by atoms with Gasteiger partial charge in [0.05, 0.1) is 29.8 Å². The molecule has 0 amide bonds. The average molecular weight is 385 g/mol. The highest BCUT2D eigenvalue weighted by Gasteiger charge is 2.15. The van der Waals surface area contributed by atoms with Crippen LogP contribution in [0.3, 0.4) is 0 Å². The molecule has 142 valence electrons. The molecule has 0 spiro atoms. The van der Waals surface area contributed by atoms with E-state index < -0.39 is 0 Å². The van der Waals surface area contributed by atoms with Gasteiger partial charge in [-0.15, -0.1) is 0 Å². The normalized spacial score (nSPS) is 11.1. The van der Waals surface area contributed by atoms with Crippen molar-refractivity contribution < 1.29 is 14.3 Å². The first kappa shape index (κ1) is 19.5. The molecule has 0 aliphatic carbocycles. The predicted molar refractivity (Wildman–Crippen MR) is 108 cm³/mol. The molecule has 0 aliphatic rings. The van der Waals surface area contributed by atoms with Gasteiger partial charge in [0.25, 0.3) is 0 Å². The molecule has 0 bridgehead atoms. The van der Waals surface area contributed by atoms with Crippen molar-refractivity contribution in [2.75, 3.05) is 20.3 Å². The SMILES string of the molecule is CCOC(=O)c1ccc2c(c1)nc(SCc1ccccc1C)n2CCOC. The summed E-state index contributed by atoms with van der Waals surface area (Å²) in [6.45, 7) is 5.59. The molecule has 0 fully saturated rings. The molecule has 3 rings (SSSR count). The smallest absolute Gasteiger partial charge is 0.338 e. The molecule has 3 aromatic rings. The number of esters is 1. The minimum atomic E-state index is -0.319. The molecular formula is C21H24N2O3S. The number of hydrogen-bond acceptors (Lipinski definition) is 5. The highest BCUT2D eigenvalue weighted by atomic mass is 32.2. The van der Waals surface area contributed by atoms with Crippen molar-refractivity contribution in [3.05, 3.63) is 59.2 Å². The van der Waals surface area contributed by atoms with Crippen LogP contribution < -0.4 is 0 Å². The van der Waals surface area contributed by atoms with E-state index >= 15 is 0 Å². The highest BCUT2D eigenvalue weighted by Crippen LogP contribution is 2.28. The molecule has 0 aliphatic heterocycles. The minimum Gasteiger partial charge on any atom is -0.462 e. The van der Waals surface area contributed by atoms with Crippen LogP contribution in [0.1, 0.15) is 28.4 Å². The maximum atomic E-state index is 12.0. The van der Waals surface area contributed by atoms with Gasteiger partial charge in [0, 0.05) is 19.4 Å². The van der Waals surface area contributed by atoms with E-state index in [0.29, 0.717) is 25.3 Å². The van der Waals surface area contributed by atoms with E-state index in [1.54, 1.807) is 37.9 Å². The van der Waals surface area contributed by atoms with Crippen molar-refractivity contribution in [1.29, 1.82) is 0 Å². The monoisotopic (exact) mass is 384 g/mol. The van der Waals surface area contributed by atoms with Crippen molar-refractivity contribution in [2.45, 2.75) is 31.3 Å². The van der Waals surface area contributed by atoms with Crippen LogP contribution in [0, 0.1) is 6.92 Å². The number of imidazole rings is 1. The fourth-order valence-electron chi connectivity index (χ4n) is 2.87. The maximum absolute atomic E-state index is 12.0. The summed E-state index contributed by atoms with van der Waals surface area (Å²) in [4.78, 5) is 16.8. The van der Waals surface area contributed by atoms with E-state index in [0.717, 1.165) is 21.9 Å². The van der Waals surface area contributed by atoms with Gasteiger partial charge >= 0.3 is 5.97 Å². The number of nitrogens with zero attached hydrogens (tertiary/aromatic N) is 2. The lowest BCUT2D eigenvalue weighted by atomic mass is 10.1. The Kier molecular flexibility index (Phi) is 6.53. The second kappa shape index (κ2) is 9.06. The maximum Gasteiger partial charge on any atom is 0.338 e. The Morgan fingerprint density at radius 1 is 1.22 bits per heavy atom. The Labute approximate surface area is 163 Å². The molecule has 6 heteroatoms. The van der Waals surface area contributed by atoms with Gasteiger partial charge in [0.15, 0.2) is 5.16 Å². The number of rotatable bonds is 8. The van der Waals surface area contributed by atoms with Crippen LogP contribution in [0.25, 0.3) is 11.0 Å². The number of thioether (sulfide) groups is 1. The third-order valence-corrected chi connectivity index (χ3v) is 5.39. The summed E-state index contributed by atoms with van der Waals surface area (Å²) in [5.74, 6) is 0.521. The van der Waals surface area contributed by atoms with Gasteiger partial charge in [-0.05, 0) is 43.2 Å². The summed E-state index contributed by atoms with van der Waals surface area (Å²) in [5.41, 5.74) is 4.88. The number of hydrogen-bond donors (Lipinski definition) is 0. The van der Waals surface area contributed by atoms with Crippen LogP contribution in [0.5, 0.6) is 0 Å². The molecular weight excluding hydrogens is 360 g/mol. The summed E-state index contributed by atoms with van der Waals surface area (Å²) >= 11 is 1.70. The van der Waals surface area contributed by atoms with Gasteiger partial charge in [0.1, 0.15) is 0 Å². The Morgan fingerprint density at radius 3 is 2.78 bits per heavy atom. The van der Waals surface area contributed by atoms with Crippen molar-refractivity contribution in [2.24, 2.45) is 0 Å². The summed E-state index contributed by atoms with van der Waals surface area (Å²) < 4.78 is 12.5. The largest absolute Gasteiger partial charge is 0.462 e. The van der Waals surface area contributed by atoms with Gasteiger partial charge in [-0.1, -0.05) is 36.0 Å². The van der Waals surface area contributed by atoms with Gasteiger partial charge in [0.2, 0.25) is 0 Å². The molecule has 0 atom stereocenters. The van der Waals surface area contributed by atoms with Crippen LogP contribution in [-0.2, 0) is 21.8 Å². The Bertz CT molecular complexity index is 936. The Morgan fingerprint density at radius 2 is 2.04 bits per heavy atom. The van der Waals surface area contributed by atoms with Gasteiger partial charge in [-0.3, -0.25) is 0 Å². The van der Waals surface area contributed by atoms with Gasteiger partial charge < -0.3 is 14.0 Å². The summed E-state index contributed by atoms with van der Waals surface area (Å²) in [5, 5.41) is 0.923. The van der Waals surface area contributed by atoms with Crippen LogP contribution in [0.4, 0.5) is 0 Å². The van der Waals surface area contributed by atoms with Crippen LogP contribution in [0.2, 0.25) is 0 Å². The molecule has 0 radical (unpaired) electrons. The Hall–Kier alpha value is -2.31. The predicted octanol–water partition coefficient (Wildman–Crippen LogP) is 4.46. The van der Waals surface area contributed by atoms with E-state index in [9.17, 15) is 4.79 Å². The number of methoxy groups -OCH3 is 1. The fraction of sp³-hybridized carbons (Fsp3) is 0.333. The third kappa shape index (κ3) is 4.51. The lowest BCUT2D eigenvalue weighted by Crippen LogP contribution is -2.06. The molecule has 0 saturated heterocycles. The van der Waals surface area contributed by atoms with Crippen LogP contribution in [0.15, 0.2) is 47.6 Å². The van der Waals surface area contributed by atoms with E-state index in [2.05, 4.69) is 29.7 Å². The zero-order valence-electron chi connectivity index (χ0n) is 15.9. The first-order valence-electron chi connectivity index (χ1n) is 8.97. The first-order valence-corrected chi connectivity index (χ1v) is 9.96. The van der Waals surface area contributed by atoms with E-state index in [4.69, 9.17) is 14.5 Å². The van der Waals surface area contributed by atoms with Crippen LogP contribution >= 0.6 is 11.8 Å². The van der Waals surface area contributed by atoms with Crippen molar-refractivity contribution in [1.82, 2.24) is 9.55 Å². The zero-order valence-corrected chi connectivity index (χ0v) is 16.7. The number of fused-ring (bicyclic) bond motifs is 1. The van der Waals surface area contributed by atoms with E-state index in [1.165, 1.54) is 11.1 Å². The highest BCUT2D eigenvalue weighted by molar-refractivity contribution is 7.98. The zero-order chi connectivity index (χ0) is 19.2. The second-order valence-electron chi connectivity index (χ2n) is 6.18. The molecule has 1 heterocycles. The number of benzene rings is 2. The van der Waals surface area contributed by atoms with E-state index in [1.807, 2.05) is 12.1 Å². The molecule has 1 aromatic heterocycles. The lowest BCUT2D eigenvalue weighted by Gasteiger charge is -2.09. The molecule has 2 aromatic carbocycles. The minimum absolute atomic E-state index is 0.319. The number of aryl methyl sites for hydroxylation is 1. The topological polar surface area (TPSA) is 53.3 Å². The van der Waals surface area contributed by atoms with Gasteiger partial charge in [-0.2, -0.15) is 0 Å². The second-order valence-corrected chi connectivity index (χ2v) is 7.12. The third-order valence-electron chi connectivity index (χ3n) is 4.36. The van der Waals surface area contributed by atoms with Gasteiger partial charge in [-0.25, -0.2) is 9.78 Å². The van der Waals surface area contributed by atoms with Crippen LogP contribution in [-0.4, -0.2) is 35.8 Å². The first-order chi connectivity index (χ1) is 13.1. The number of carbonyl (C=O) groups is 1. The fourth-order valence-corrected chi connectivity index (χ4v) is 3.99. The summed E-state index contributed by atoms with van der Waals surface area (Å²) in [6, 6.07) is 13.9. The van der Waals surface area contributed by atoms with Crippen molar-refractivity contribution in [3.63, 3.8) is 0 Å². The molecule has 0 unspecified atom stereocenters. The van der Waals surface area contributed by atoms with Crippen molar-refractivity contribution in [3.8, 4) is 0 Å².